The molecule has 1 aromatic carbocycles. The van der Waals surface area contributed by atoms with Crippen LogP contribution in [0.5, 0.6) is 5.75 Å². The van der Waals surface area contributed by atoms with Gasteiger partial charge in [-0.2, -0.15) is 0 Å². The van der Waals surface area contributed by atoms with Gasteiger partial charge < -0.3 is 14.9 Å². The van der Waals surface area contributed by atoms with Crippen LogP contribution >= 0.6 is 0 Å². The predicted octanol–water partition coefficient (Wildman–Crippen LogP) is 4.02. The number of carboxylic acids is 2. The zero-order chi connectivity index (χ0) is 17.4. The normalized spacial score (nSPS) is 13.3. The lowest BCUT2D eigenvalue weighted by Gasteiger charge is -2.20. The number of unbranched alkanes of at least 4 members (excludes halogenated alkanes) is 3. The highest BCUT2D eigenvalue weighted by Gasteiger charge is 2.27. The van der Waals surface area contributed by atoms with Gasteiger partial charge in [0.15, 0.2) is 0 Å². The number of carboxylic acid groups (broad SMARTS) is 2. The SMILES string of the molecule is CCCCCCOc1cccc(C(C)C(=O)O)c1C(C)C(=O)O. The van der Waals surface area contributed by atoms with E-state index in [1.54, 1.807) is 32.0 Å². The Morgan fingerprint density at radius 3 is 2.26 bits per heavy atom. The number of aliphatic carboxylic acids is 2. The molecule has 0 heterocycles. The maximum Gasteiger partial charge on any atom is 0.310 e. The van der Waals surface area contributed by atoms with Gasteiger partial charge in [-0.15, -0.1) is 0 Å². The number of carbonyl (C=O) groups is 2. The zero-order valence-electron chi connectivity index (χ0n) is 14.0. The van der Waals surface area contributed by atoms with Crippen LogP contribution in [0.4, 0.5) is 0 Å². The molecule has 2 atom stereocenters. The fraction of sp³-hybridized carbons (Fsp3) is 0.556. The monoisotopic (exact) mass is 322 g/mol. The summed E-state index contributed by atoms with van der Waals surface area (Å²) in [4.78, 5) is 22.7. The minimum Gasteiger partial charge on any atom is -0.493 e. The number of ether oxygens (including phenoxy) is 1. The van der Waals surface area contributed by atoms with Gasteiger partial charge in [0.1, 0.15) is 5.75 Å². The van der Waals surface area contributed by atoms with Gasteiger partial charge in [-0.25, -0.2) is 0 Å². The molecule has 0 saturated heterocycles. The summed E-state index contributed by atoms with van der Waals surface area (Å²) in [5, 5.41) is 18.6. The van der Waals surface area contributed by atoms with Crippen molar-refractivity contribution in [3.05, 3.63) is 29.3 Å². The van der Waals surface area contributed by atoms with E-state index < -0.39 is 23.8 Å². The van der Waals surface area contributed by atoms with Crippen LogP contribution in [0.3, 0.4) is 0 Å². The molecule has 2 unspecified atom stereocenters. The topological polar surface area (TPSA) is 83.8 Å². The van der Waals surface area contributed by atoms with E-state index in [2.05, 4.69) is 6.92 Å². The van der Waals surface area contributed by atoms with E-state index in [-0.39, 0.29) is 0 Å². The average Bonchev–Trinajstić information content (AvgIpc) is 2.52. The summed E-state index contributed by atoms with van der Waals surface area (Å²) in [5.74, 6) is -3.11. The third-order valence-corrected chi connectivity index (χ3v) is 4.00. The van der Waals surface area contributed by atoms with Gasteiger partial charge in [-0.1, -0.05) is 38.3 Å². The van der Waals surface area contributed by atoms with Crippen molar-refractivity contribution in [2.24, 2.45) is 0 Å². The van der Waals surface area contributed by atoms with Crippen LogP contribution in [0.2, 0.25) is 0 Å². The van der Waals surface area contributed by atoms with E-state index >= 15 is 0 Å². The number of hydrogen-bond donors (Lipinski definition) is 2. The molecule has 128 valence electrons. The minimum atomic E-state index is -0.995. The van der Waals surface area contributed by atoms with Crippen LogP contribution in [-0.2, 0) is 9.59 Å². The van der Waals surface area contributed by atoms with Gasteiger partial charge in [-0.05, 0) is 31.9 Å². The summed E-state index contributed by atoms with van der Waals surface area (Å²) >= 11 is 0. The maximum absolute atomic E-state index is 11.4. The molecule has 5 nitrogen and oxygen atoms in total. The largest absolute Gasteiger partial charge is 0.493 e. The molecule has 1 rings (SSSR count). The van der Waals surface area contributed by atoms with Crippen molar-refractivity contribution < 1.29 is 24.5 Å². The Labute approximate surface area is 137 Å². The maximum atomic E-state index is 11.4. The highest BCUT2D eigenvalue weighted by Crippen LogP contribution is 2.34. The highest BCUT2D eigenvalue weighted by atomic mass is 16.5. The average molecular weight is 322 g/mol. The molecule has 0 saturated carbocycles. The molecule has 0 aliphatic heterocycles. The van der Waals surface area contributed by atoms with Crippen molar-refractivity contribution >= 4 is 11.9 Å². The van der Waals surface area contributed by atoms with Crippen LogP contribution < -0.4 is 4.74 Å². The van der Waals surface area contributed by atoms with Crippen molar-refractivity contribution in [1.29, 1.82) is 0 Å². The van der Waals surface area contributed by atoms with Crippen molar-refractivity contribution in [3.63, 3.8) is 0 Å². The molecule has 0 spiro atoms. The van der Waals surface area contributed by atoms with E-state index in [1.165, 1.54) is 0 Å². The second kappa shape index (κ2) is 9.18. The summed E-state index contributed by atoms with van der Waals surface area (Å²) in [6.45, 7) is 5.74. The zero-order valence-corrected chi connectivity index (χ0v) is 14.0. The third kappa shape index (κ3) is 5.27. The number of hydrogen-bond acceptors (Lipinski definition) is 3. The van der Waals surface area contributed by atoms with Gasteiger partial charge in [-0.3, -0.25) is 9.59 Å². The molecule has 0 amide bonds. The molecule has 0 fully saturated rings. The van der Waals surface area contributed by atoms with Crippen molar-refractivity contribution in [2.45, 2.75) is 58.3 Å². The van der Waals surface area contributed by atoms with Gasteiger partial charge in [0.2, 0.25) is 0 Å². The number of rotatable bonds is 10. The van der Waals surface area contributed by atoms with E-state index in [0.717, 1.165) is 25.7 Å². The molecular formula is C18H26O5. The van der Waals surface area contributed by atoms with Crippen LogP contribution in [0.25, 0.3) is 0 Å². The van der Waals surface area contributed by atoms with Crippen LogP contribution in [0, 0.1) is 0 Å². The first-order chi connectivity index (χ1) is 10.9. The lowest BCUT2D eigenvalue weighted by Crippen LogP contribution is -2.17. The Morgan fingerprint density at radius 1 is 1.04 bits per heavy atom. The third-order valence-electron chi connectivity index (χ3n) is 4.00. The fourth-order valence-corrected chi connectivity index (χ4v) is 2.50. The summed E-state index contributed by atoms with van der Waals surface area (Å²) in [6.07, 6.45) is 4.23. The molecule has 0 bridgehead atoms. The fourth-order valence-electron chi connectivity index (χ4n) is 2.50. The van der Waals surface area contributed by atoms with Gasteiger partial charge in [0, 0.05) is 5.56 Å². The van der Waals surface area contributed by atoms with Gasteiger partial charge >= 0.3 is 11.9 Å². The lowest BCUT2D eigenvalue weighted by molar-refractivity contribution is -0.140. The first kappa shape index (κ1) is 19.0. The molecule has 0 aliphatic carbocycles. The van der Waals surface area contributed by atoms with E-state index in [0.29, 0.717) is 23.5 Å². The minimum absolute atomic E-state index is 0.463. The van der Waals surface area contributed by atoms with Gasteiger partial charge in [0.25, 0.3) is 0 Å². The molecule has 0 aromatic heterocycles. The summed E-state index contributed by atoms with van der Waals surface area (Å²) < 4.78 is 5.77. The van der Waals surface area contributed by atoms with E-state index in [9.17, 15) is 19.8 Å². The molecule has 0 radical (unpaired) electrons. The summed E-state index contributed by atoms with van der Waals surface area (Å²) in [5.41, 5.74) is 0.962. The number of benzene rings is 1. The van der Waals surface area contributed by atoms with Crippen LogP contribution in [-0.4, -0.2) is 28.8 Å². The Balaban J connectivity index is 3.06. The van der Waals surface area contributed by atoms with Crippen molar-refractivity contribution in [3.8, 4) is 5.75 Å². The molecule has 23 heavy (non-hydrogen) atoms. The second-order valence-electron chi connectivity index (χ2n) is 5.79. The summed E-state index contributed by atoms with van der Waals surface area (Å²) in [6, 6.07) is 5.10. The Kier molecular flexibility index (Phi) is 7.59. The Morgan fingerprint density at radius 2 is 1.70 bits per heavy atom. The van der Waals surface area contributed by atoms with E-state index in [1.807, 2.05) is 0 Å². The van der Waals surface area contributed by atoms with E-state index in [4.69, 9.17) is 4.74 Å². The standard InChI is InChI=1S/C18H26O5/c1-4-5-6-7-11-23-15-10-8-9-14(12(2)17(19)20)16(15)13(3)18(21)22/h8-10,12-13H,4-7,11H2,1-3H3,(H,19,20)(H,21,22). The predicted molar refractivity (Wildman–Crippen MR) is 88.2 cm³/mol. The molecule has 2 N–H and O–H groups in total. The first-order valence-corrected chi connectivity index (χ1v) is 8.11. The smallest absolute Gasteiger partial charge is 0.310 e. The quantitative estimate of drug-likeness (QED) is 0.636. The van der Waals surface area contributed by atoms with Crippen molar-refractivity contribution in [2.75, 3.05) is 6.61 Å². The Hall–Kier alpha value is -2.04. The molecular weight excluding hydrogens is 296 g/mol. The van der Waals surface area contributed by atoms with Crippen molar-refractivity contribution in [1.82, 2.24) is 0 Å². The molecule has 0 aliphatic rings. The summed E-state index contributed by atoms with van der Waals surface area (Å²) in [7, 11) is 0. The van der Waals surface area contributed by atoms with Gasteiger partial charge in [0.05, 0.1) is 18.4 Å². The molecule has 1 aromatic rings. The lowest BCUT2D eigenvalue weighted by atomic mass is 9.88. The Bertz CT molecular complexity index is 538. The molecule has 5 heteroatoms. The highest BCUT2D eigenvalue weighted by molar-refractivity contribution is 5.81. The van der Waals surface area contributed by atoms with Crippen LogP contribution in [0.15, 0.2) is 18.2 Å². The first-order valence-electron chi connectivity index (χ1n) is 8.11. The second-order valence-corrected chi connectivity index (χ2v) is 5.79. The van der Waals surface area contributed by atoms with Crippen LogP contribution in [0.1, 0.15) is 69.4 Å².